The molecule has 0 aromatic heterocycles. The first-order valence-electron chi connectivity index (χ1n) is 6.35. The maximum atomic E-state index is 12.4. The molecule has 1 aromatic rings. The third-order valence-electron chi connectivity index (χ3n) is 3.92. The summed E-state index contributed by atoms with van der Waals surface area (Å²) < 4.78 is 0.995. The summed E-state index contributed by atoms with van der Waals surface area (Å²) in [6.45, 7) is 0.812. The molecule has 0 bridgehead atoms. The highest BCUT2D eigenvalue weighted by Gasteiger charge is 2.33. The van der Waals surface area contributed by atoms with Crippen LogP contribution in [0, 0.1) is 0 Å². The summed E-state index contributed by atoms with van der Waals surface area (Å²) in [7, 11) is 0. The smallest absolute Gasteiger partial charge is 0.254 e. The molecule has 1 aromatic carbocycles. The summed E-state index contributed by atoms with van der Waals surface area (Å²) in [6, 6.07) is 6.53. The Balaban J connectivity index is 1.85. The predicted molar refractivity (Wildman–Crippen MR) is 70.9 cm³/mol. The number of nitrogens with zero attached hydrogens (tertiary/aromatic N) is 1. The summed E-state index contributed by atoms with van der Waals surface area (Å²) in [5.74, 6) is 0.230. The summed E-state index contributed by atoms with van der Waals surface area (Å²) in [5.41, 5.74) is 2.08. The molecule has 2 nitrogen and oxygen atoms in total. The fourth-order valence-electron chi connectivity index (χ4n) is 2.98. The lowest BCUT2D eigenvalue weighted by molar-refractivity contribution is 0.0660. The molecule has 0 radical (unpaired) electrons. The highest BCUT2D eigenvalue weighted by atomic mass is 79.9. The molecule has 1 heterocycles. The van der Waals surface area contributed by atoms with Crippen LogP contribution >= 0.6 is 15.9 Å². The Kier molecular flexibility index (Phi) is 2.95. The van der Waals surface area contributed by atoms with E-state index in [-0.39, 0.29) is 5.91 Å². The number of fused-ring (bicyclic) bond motifs is 1. The highest BCUT2D eigenvalue weighted by molar-refractivity contribution is 9.10. The number of amides is 1. The SMILES string of the molecule is O=C1c2cc(Br)ccc2CN1C1CCCCC1. The maximum absolute atomic E-state index is 12.4. The van der Waals surface area contributed by atoms with Crippen LogP contribution < -0.4 is 0 Å². The van der Waals surface area contributed by atoms with Crippen LogP contribution in [0.5, 0.6) is 0 Å². The monoisotopic (exact) mass is 293 g/mol. The zero-order valence-electron chi connectivity index (χ0n) is 9.79. The van der Waals surface area contributed by atoms with E-state index in [9.17, 15) is 4.79 Å². The molecule has 0 saturated heterocycles. The van der Waals surface area contributed by atoms with Crippen molar-refractivity contribution in [1.82, 2.24) is 4.90 Å². The molecule has 0 N–H and O–H groups in total. The van der Waals surface area contributed by atoms with Gasteiger partial charge in [0.1, 0.15) is 0 Å². The van der Waals surface area contributed by atoms with Crippen molar-refractivity contribution in [2.24, 2.45) is 0 Å². The second-order valence-electron chi connectivity index (χ2n) is 5.03. The fourth-order valence-corrected chi connectivity index (χ4v) is 3.34. The van der Waals surface area contributed by atoms with Crippen molar-refractivity contribution in [1.29, 1.82) is 0 Å². The van der Waals surface area contributed by atoms with Gasteiger partial charge in [0.05, 0.1) is 0 Å². The third-order valence-corrected chi connectivity index (χ3v) is 4.41. The van der Waals surface area contributed by atoms with Crippen LogP contribution in [0.25, 0.3) is 0 Å². The van der Waals surface area contributed by atoms with Crippen LogP contribution in [0.3, 0.4) is 0 Å². The van der Waals surface area contributed by atoms with Gasteiger partial charge in [-0.1, -0.05) is 41.3 Å². The number of hydrogen-bond acceptors (Lipinski definition) is 1. The number of hydrogen-bond donors (Lipinski definition) is 0. The van der Waals surface area contributed by atoms with Gasteiger partial charge in [-0.05, 0) is 30.5 Å². The summed E-state index contributed by atoms with van der Waals surface area (Å²) in [4.78, 5) is 14.4. The Morgan fingerprint density at radius 3 is 2.71 bits per heavy atom. The Morgan fingerprint density at radius 2 is 1.94 bits per heavy atom. The fraction of sp³-hybridized carbons (Fsp3) is 0.500. The molecule has 3 rings (SSSR count). The van der Waals surface area contributed by atoms with Crippen molar-refractivity contribution in [3.63, 3.8) is 0 Å². The van der Waals surface area contributed by atoms with E-state index in [4.69, 9.17) is 0 Å². The quantitative estimate of drug-likeness (QED) is 0.772. The Morgan fingerprint density at radius 1 is 1.18 bits per heavy atom. The number of carbonyl (C=O) groups excluding carboxylic acids is 1. The van der Waals surface area contributed by atoms with Crippen molar-refractivity contribution in [2.75, 3.05) is 0 Å². The molecule has 2 aliphatic rings. The molecule has 17 heavy (non-hydrogen) atoms. The van der Waals surface area contributed by atoms with Crippen molar-refractivity contribution in [3.05, 3.63) is 33.8 Å². The predicted octanol–water partition coefficient (Wildman–Crippen LogP) is 3.74. The molecule has 0 unspecified atom stereocenters. The minimum atomic E-state index is 0.230. The molecule has 1 aliphatic carbocycles. The summed E-state index contributed by atoms with van der Waals surface area (Å²) in [5, 5.41) is 0. The van der Waals surface area contributed by atoms with Crippen molar-refractivity contribution >= 4 is 21.8 Å². The maximum Gasteiger partial charge on any atom is 0.254 e. The van der Waals surface area contributed by atoms with Gasteiger partial charge in [0, 0.05) is 22.6 Å². The van der Waals surface area contributed by atoms with Crippen molar-refractivity contribution in [2.45, 2.75) is 44.7 Å². The first-order valence-corrected chi connectivity index (χ1v) is 7.14. The van der Waals surface area contributed by atoms with Gasteiger partial charge < -0.3 is 4.90 Å². The van der Waals surface area contributed by atoms with Gasteiger partial charge in [-0.3, -0.25) is 4.79 Å². The standard InChI is InChI=1S/C14H16BrNO/c15-11-7-6-10-9-16(14(17)13(10)8-11)12-4-2-1-3-5-12/h6-8,12H,1-5,9H2. The Labute approximate surface area is 110 Å². The van der Waals surface area contributed by atoms with Crippen molar-refractivity contribution in [3.8, 4) is 0 Å². The topological polar surface area (TPSA) is 20.3 Å². The summed E-state index contributed by atoms with van der Waals surface area (Å²) >= 11 is 3.44. The third kappa shape index (κ3) is 2.01. The number of benzene rings is 1. The van der Waals surface area contributed by atoms with E-state index in [0.717, 1.165) is 16.6 Å². The van der Waals surface area contributed by atoms with Crippen LogP contribution in [0.4, 0.5) is 0 Å². The normalized spacial score (nSPS) is 20.8. The first kappa shape index (κ1) is 11.3. The van der Waals surface area contributed by atoms with Crippen LogP contribution in [0.2, 0.25) is 0 Å². The average Bonchev–Trinajstić information content (AvgIpc) is 2.68. The van der Waals surface area contributed by atoms with E-state index >= 15 is 0 Å². The van der Waals surface area contributed by atoms with Gasteiger partial charge in [0.25, 0.3) is 5.91 Å². The van der Waals surface area contributed by atoms with E-state index in [0.29, 0.717) is 6.04 Å². The van der Waals surface area contributed by atoms with Crippen LogP contribution in [0.1, 0.15) is 48.0 Å². The van der Waals surface area contributed by atoms with E-state index in [2.05, 4.69) is 26.9 Å². The second kappa shape index (κ2) is 4.45. The zero-order chi connectivity index (χ0) is 11.8. The van der Waals surface area contributed by atoms with Gasteiger partial charge in [-0.2, -0.15) is 0 Å². The molecular formula is C14H16BrNO. The van der Waals surface area contributed by atoms with Crippen LogP contribution in [-0.2, 0) is 6.54 Å². The zero-order valence-corrected chi connectivity index (χ0v) is 11.4. The molecule has 1 aliphatic heterocycles. The van der Waals surface area contributed by atoms with E-state index in [1.165, 1.54) is 37.7 Å². The van der Waals surface area contributed by atoms with Crippen LogP contribution in [0.15, 0.2) is 22.7 Å². The second-order valence-corrected chi connectivity index (χ2v) is 5.94. The van der Waals surface area contributed by atoms with E-state index in [1.807, 2.05) is 12.1 Å². The lowest BCUT2D eigenvalue weighted by Gasteiger charge is -2.30. The Bertz CT molecular complexity index is 452. The van der Waals surface area contributed by atoms with E-state index in [1.54, 1.807) is 0 Å². The molecule has 0 spiro atoms. The minimum absolute atomic E-state index is 0.230. The highest BCUT2D eigenvalue weighted by Crippen LogP contribution is 2.32. The molecular weight excluding hydrogens is 278 g/mol. The molecule has 1 saturated carbocycles. The molecule has 1 amide bonds. The van der Waals surface area contributed by atoms with E-state index < -0.39 is 0 Å². The average molecular weight is 294 g/mol. The van der Waals surface area contributed by atoms with Gasteiger partial charge in [-0.25, -0.2) is 0 Å². The number of rotatable bonds is 1. The van der Waals surface area contributed by atoms with Gasteiger partial charge in [-0.15, -0.1) is 0 Å². The van der Waals surface area contributed by atoms with Gasteiger partial charge in [0.15, 0.2) is 0 Å². The molecule has 90 valence electrons. The molecule has 0 atom stereocenters. The molecule has 1 fully saturated rings. The number of carbonyl (C=O) groups is 1. The van der Waals surface area contributed by atoms with Gasteiger partial charge >= 0.3 is 0 Å². The minimum Gasteiger partial charge on any atom is -0.331 e. The lowest BCUT2D eigenvalue weighted by atomic mass is 9.94. The lowest BCUT2D eigenvalue weighted by Crippen LogP contribution is -2.36. The summed E-state index contributed by atoms with van der Waals surface area (Å²) in [6.07, 6.45) is 6.24. The number of halogens is 1. The molecule has 3 heteroatoms. The van der Waals surface area contributed by atoms with Crippen molar-refractivity contribution < 1.29 is 4.79 Å². The largest absolute Gasteiger partial charge is 0.331 e. The van der Waals surface area contributed by atoms with Crippen LogP contribution in [-0.4, -0.2) is 16.8 Å². The Hall–Kier alpha value is -0.830. The van der Waals surface area contributed by atoms with Gasteiger partial charge in [0.2, 0.25) is 0 Å². The first-order chi connectivity index (χ1) is 8.25.